The van der Waals surface area contributed by atoms with E-state index in [0.717, 1.165) is 37.4 Å². The van der Waals surface area contributed by atoms with Crippen LogP contribution in [0.25, 0.3) is 0 Å². The number of aryl methyl sites for hydroxylation is 1. The molecule has 6 nitrogen and oxygen atoms in total. The first-order chi connectivity index (χ1) is 8.86. The van der Waals surface area contributed by atoms with Crippen molar-refractivity contribution in [1.82, 2.24) is 30.3 Å². The lowest BCUT2D eigenvalue weighted by Gasteiger charge is -2.17. The van der Waals surface area contributed by atoms with Crippen LogP contribution in [0.2, 0.25) is 0 Å². The summed E-state index contributed by atoms with van der Waals surface area (Å²) in [5, 5.41) is 14.7. The summed E-state index contributed by atoms with van der Waals surface area (Å²) in [4.78, 5) is 4.26. The monoisotopic (exact) mass is 248 g/mol. The molecule has 2 heterocycles. The number of rotatable bonds is 7. The van der Waals surface area contributed by atoms with Gasteiger partial charge in [-0.3, -0.25) is 9.78 Å². The molecule has 0 radical (unpaired) electrons. The Morgan fingerprint density at radius 1 is 1.39 bits per heavy atom. The van der Waals surface area contributed by atoms with E-state index < -0.39 is 0 Å². The normalized spacial score (nSPS) is 12.8. The first kappa shape index (κ1) is 12.8. The van der Waals surface area contributed by atoms with E-state index in [0.29, 0.717) is 0 Å². The standard InChI is InChI=1S/C12H20N6/c1-3-6-13-11(12-14-9-15-17-12)10-5-7-16-18(10)8-4-2/h5,7,9,11,13H,3-4,6,8H2,1-2H3,(H,14,15,17). The number of hydrogen-bond donors (Lipinski definition) is 2. The van der Waals surface area contributed by atoms with Gasteiger partial charge in [0, 0.05) is 12.7 Å². The number of aromatic amines is 1. The Kier molecular flexibility index (Phi) is 4.46. The maximum absolute atomic E-state index is 4.36. The molecule has 2 aromatic heterocycles. The summed E-state index contributed by atoms with van der Waals surface area (Å²) in [6.07, 6.45) is 5.51. The smallest absolute Gasteiger partial charge is 0.147 e. The van der Waals surface area contributed by atoms with E-state index in [-0.39, 0.29) is 6.04 Å². The molecule has 0 bridgehead atoms. The summed E-state index contributed by atoms with van der Waals surface area (Å²) in [6.45, 7) is 6.14. The lowest BCUT2D eigenvalue weighted by molar-refractivity contribution is 0.499. The maximum Gasteiger partial charge on any atom is 0.147 e. The van der Waals surface area contributed by atoms with Crippen LogP contribution >= 0.6 is 0 Å². The zero-order valence-electron chi connectivity index (χ0n) is 10.9. The van der Waals surface area contributed by atoms with Crippen molar-refractivity contribution in [3.05, 3.63) is 30.1 Å². The van der Waals surface area contributed by atoms with Crippen molar-refractivity contribution in [3.8, 4) is 0 Å². The lowest BCUT2D eigenvalue weighted by Crippen LogP contribution is -2.27. The lowest BCUT2D eigenvalue weighted by atomic mass is 10.2. The SMILES string of the molecule is CCCNC(c1ncn[nH]1)c1ccnn1CCC. The predicted molar refractivity (Wildman–Crippen MR) is 69.0 cm³/mol. The van der Waals surface area contributed by atoms with Gasteiger partial charge in [0.2, 0.25) is 0 Å². The van der Waals surface area contributed by atoms with E-state index in [1.54, 1.807) is 0 Å². The van der Waals surface area contributed by atoms with Crippen LogP contribution in [0.15, 0.2) is 18.6 Å². The highest BCUT2D eigenvalue weighted by molar-refractivity contribution is 5.15. The fraction of sp³-hybridized carbons (Fsp3) is 0.583. The first-order valence-electron chi connectivity index (χ1n) is 6.47. The Morgan fingerprint density at radius 3 is 2.94 bits per heavy atom. The Bertz CT molecular complexity index is 447. The minimum atomic E-state index is 0.0292. The molecule has 18 heavy (non-hydrogen) atoms. The van der Waals surface area contributed by atoms with Crippen molar-refractivity contribution in [2.75, 3.05) is 6.54 Å². The molecule has 0 aliphatic heterocycles. The summed E-state index contributed by atoms with van der Waals surface area (Å²) < 4.78 is 2.02. The van der Waals surface area contributed by atoms with Crippen molar-refractivity contribution in [3.63, 3.8) is 0 Å². The summed E-state index contributed by atoms with van der Waals surface area (Å²) in [6, 6.07) is 2.06. The maximum atomic E-state index is 4.36. The highest BCUT2D eigenvalue weighted by atomic mass is 15.3. The van der Waals surface area contributed by atoms with Crippen molar-refractivity contribution >= 4 is 0 Å². The molecular weight excluding hydrogens is 228 g/mol. The molecule has 2 N–H and O–H groups in total. The third kappa shape index (κ3) is 2.76. The van der Waals surface area contributed by atoms with Gasteiger partial charge in [0.15, 0.2) is 0 Å². The molecule has 2 aromatic rings. The van der Waals surface area contributed by atoms with Crippen molar-refractivity contribution in [1.29, 1.82) is 0 Å². The zero-order valence-corrected chi connectivity index (χ0v) is 10.9. The summed E-state index contributed by atoms with van der Waals surface area (Å²) in [5.74, 6) is 0.835. The first-order valence-corrected chi connectivity index (χ1v) is 6.47. The van der Waals surface area contributed by atoms with Crippen LogP contribution in [0.5, 0.6) is 0 Å². The largest absolute Gasteiger partial charge is 0.302 e. The molecule has 1 unspecified atom stereocenters. The summed E-state index contributed by atoms with van der Waals surface area (Å²) >= 11 is 0. The highest BCUT2D eigenvalue weighted by Crippen LogP contribution is 2.18. The average Bonchev–Trinajstić information content (AvgIpc) is 3.02. The predicted octanol–water partition coefficient (Wildman–Crippen LogP) is 1.50. The molecule has 1 atom stereocenters. The van der Waals surface area contributed by atoms with Gasteiger partial charge >= 0.3 is 0 Å². The van der Waals surface area contributed by atoms with Crippen LogP contribution in [0.1, 0.15) is 44.2 Å². The molecule has 6 heteroatoms. The molecule has 0 fully saturated rings. The van der Waals surface area contributed by atoms with E-state index in [4.69, 9.17) is 0 Å². The second-order valence-electron chi connectivity index (χ2n) is 4.24. The highest BCUT2D eigenvalue weighted by Gasteiger charge is 2.19. The van der Waals surface area contributed by atoms with E-state index in [1.165, 1.54) is 6.33 Å². The quantitative estimate of drug-likeness (QED) is 0.779. The van der Waals surface area contributed by atoms with E-state index >= 15 is 0 Å². The molecule has 0 amide bonds. The number of nitrogens with one attached hydrogen (secondary N) is 2. The molecule has 0 aromatic carbocycles. The van der Waals surface area contributed by atoms with Crippen LogP contribution < -0.4 is 5.32 Å². The minimum absolute atomic E-state index is 0.0292. The van der Waals surface area contributed by atoms with Gasteiger partial charge in [0.25, 0.3) is 0 Å². The Morgan fingerprint density at radius 2 is 2.28 bits per heavy atom. The van der Waals surface area contributed by atoms with Gasteiger partial charge in [-0.25, -0.2) is 4.98 Å². The van der Waals surface area contributed by atoms with Crippen LogP contribution in [0, 0.1) is 0 Å². The second-order valence-corrected chi connectivity index (χ2v) is 4.24. The molecule has 0 spiro atoms. The molecule has 2 rings (SSSR count). The fourth-order valence-electron chi connectivity index (χ4n) is 1.97. The van der Waals surface area contributed by atoms with Crippen LogP contribution in [-0.4, -0.2) is 31.5 Å². The zero-order chi connectivity index (χ0) is 12.8. The number of hydrogen-bond acceptors (Lipinski definition) is 4. The Labute approximate surface area is 107 Å². The molecule has 0 saturated carbocycles. The van der Waals surface area contributed by atoms with Crippen molar-refractivity contribution in [2.24, 2.45) is 0 Å². The van der Waals surface area contributed by atoms with Gasteiger partial charge in [-0.15, -0.1) is 0 Å². The number of aromatic nitrogens is 5. The van der Waals surface area contributed by atoms with Crippen LogP contribution in [-0.2, 0) is 6.54 Å². The van der Waals surface area contributed by atoms with Crippen LogP contribution in [0.4, 0.5) is 0 Å². The number of H-pyrrole nitrogens is 1. The van der Waals surface area contributed by atoms with Gasteiger partial charge in [-0.05, 0) is 25.5 Å². The Balaban J connectivity index is 2.24. The Hall–Kier alpha value is -1.69. The third-order valence-electron chi connectivity index (χ3n) is 2.79. The van der Waals surface area contributed by atoms with Crippen molar-refractivity contribution in [2.45, 2.75) is 39.3 Å². The van der Waals surface area contributed by atoms with Crippen molar-refractivity contribution < 1.29 is 0 Å². The molecule has 0 aliphatic rings. The molecule has 0 aliphatic carbocycles. The minimum Gasteiger partial charge on any atom is -0.302 e. The van der Waals surface area contributed by atoms with Gasteiger partial charge in [-0.2, -0.15) is 10.2 Å². The van der Waals surface area contributed by atoms with E-state index in [9.17, 15) is 0 Å². The van der Waals surface area contributed by atoms with Gasteiger partial charge < -0.3 is 5.32 Å². The molecule has 0 saturated heterocycles. The molecule has 98 valence electrons. The molecular formula is C12H20N6. The average molecular weight is 248 g/mol. The topological polar surface area (TPSA) is 71.4 Å². The summed E-state index contributed by atoms with van der Waals surface area (Å²) in [5.41, 5.74) is 1.13. The van der Waals surface area contributed by atoms with E-state index in [2.05, 4.69) is 39.4 Å². The van der Waals surface area contributed by atoms with Gasteiger partial charge in [0.1, 0.15) is 18.2 Å². The van der Waals surface area contributed by atoms with E-state index in [1.807, 2.05) is 16.9 Å². The third-order valence-corrected chi connectivity index (χ3v) is 2.79. The second kappa shape index (κ2) is 6.30. The fourth-order valence-corrected chi connectivity index (χ4v) is 1.97. The summed E-state index contributed by atoms with van der Waals surface area (Å²) in [7, 11) is 0. The number of nitrogens with zero attached hydrogens (tertiary/aromatic N) is 4. The van der Waals surface area contributed by atoms with Gasteiger partial charge in [0.05, 0.1) is 5.69 Å². The van der Waals surface area contributed by atoms with Crippen LogP contribution in [0.3, 0.4) is 0 Å². The van der Waals surface area contributed by atoms with Gasteiger partial charge in [-0.1, -0.05) is 13.8 Å².